The summed E-state index contributed by atoms with van der Waals surface area (Å²) < 4.78 is 0. The van der Waals surface area contributed by atoms with Gasteiger partial charge in [-0.3, -0.25) is 0 Å². The van der Waals surface area contributed by atoms with Crippen LogP contribution in [0, 0.1) is 5.92 Å². The number of nitrogens with one attached hydrogen (secondary N) is 1. The minimum atomic E-state index is 0.891. The van der Waals surface area contributed by atoms with E-state index in [9.17, 15) is 0 Å². The number of allylic oxidation sites excluding steroid dienone is 2. The third kappa shape index (κ3) is 85.5. The van der Waals surface area contributed by atoms with Crippen molar-refractivity contribution in [2.75, 3.05) is 20.7 Å². The van der Waals surface area contributed by atoms with Crippen molar-refractivity contribution >= 4 is 0 Å². The second-order valence-corrected chi connectivity index (χ2v) is 3.89. The van der Waals surface area contributed by atoms with Crippen molar-refractivity contribution in [1.82, 2.24) is 5.32 Å². The Bertz CT molecular complexity index is 125. The molecule has 0 heterocycles. The maximum Gasteiger partial charge on any atom is 0.0319 e. The summed E-state index contributed by atoms with van der Waals surface area (Å²) in [6.45, 7) is 20.6. The zero-order valence-electron chi connectivity index (χ0n) is 15.6. The van der Waals surface area contributed by atoms with Crippen molar-refractivity contribution in [1.29, 1.82) is 0 Å². The Morgan fingerprint density at radius 2 is 1.55 bits per heavy atom. The number of unbranched alkanes of at least 4 members (excludes halogenated alkanes) is 1. The molecule has 20 heavy (non-hydrogen) atoms. The third-order valence-electron chi connectivity index (χ3n) is 2.08. The SMILES string of the molecule is C=CC.C=CCCC.CC.CCC(C)CCNC.CO. The van der Waals surface area contributed by atoms with Crippen molar-refractivity contribution < 1.29 is 5.11 Å². The molecule has 0 bridgehead atoms. The normalized spacial score (nSPS) is 8.65. The Balaban J connectivity index is -0.0000000539. The molecular formula is C18H43NO. The van der Waals surface area contributed by atoms with Gasteiger partial charge in [0.15, 0.2) is 0 Å². The Morgan fingerprint density at radius 1 is 1.15 bits per heavy atom. The Kier molecular flexibility index (Phi) is 81.6. The fourth-order valence-corrected chi connectivity index (χ4v) is 0.799. The summed E-state index contributed by atoms with van der Waals surface area (Å²) in [5.41, 5.74) is 0. The summed E-state index contributed by atoms with van der Waals surface area (Å²) in [6, 6.07) is 0. The number of hydrogen-bond donors (Lipinski definition) is 2. The molecule has 0 aliphatic carbocycles. The molecule has 0 saturated heterocycles. The summed E-state index contributed by atoms with van der Waals surface area (Å²) in [5.74, 6) is 0.891. The smallest absolute Gasteiger partial charge is 0.0319 e. The van der Waals surface area contributed by atoms with Crippen LogP contribution in [0.15, 0.2) is 25.3 Å². The Morgan fingerprint density at radius 3 is 1.70 bits per heavy atom. The van der Waals surface area contributed by atoms with E-state index in [0.717, 1.165) is 26.0 Å². The average molecular weight is 290 g/mol. The molecule has 0 radical (unpaired) electrons. The highest BCUT2D eigenvalue weighted by Crippen LogP contribution is 2.03. The molecule has 0 aliphatic heterocycles. The molecule has 2 N–H and O–H groups in total. The highest BCUT2D eigenvalue weighted by molar-refractivity contribution is 4.63. The number of rotatable bonds is 6. The van der Waals surface area contributed by atoms with Gasteiger partial charge in [-0.05, 0) is 39.3 Å². The van der Waals surface area contributed by atoms with E-state index in [2.05, 4.69) is 39.2 Å². The van der Waals surface area contributed by atoms with Crippen LogP contribution in [0.5, 0.6) is 0 Å². The summed E-state index contributed by atoms with van der Waals surface area (Å²) in [7, 11) is 3.00. The maximum absolute atomic E-state index is 7.00. The highest BCUT2D eigenvalue weighted by Gasteiger charge is 1.94. The molecule has 0 saturated carbocycles. The lowest BCUT2D eigenvalue weighted by atomic mass is 10.1. The van der Waals surface area contributed by atoms with Crippen LogP contribution in [0.3, 0.4) is 0 Å². The highest BCUT2D eigenvalue weighted by atomic mass is 16.2. The maximum atomic E-state index is 7.00. The molecule has 0 amide bonds. The van der Waals surface area contributed by atoms with E-state index < -0.39 is 0 Å². The lowest BCUT2D eigenvalue weighted by Gasteiger charge is -2.05. The zero-order valence-corrected chi connectivity index (χ0v) is 15.6. The van der Waals surface area contributed by atoms with Crippen molar-refractivity contribution in [3.05, 3.63) is 25.3 Å². The van der Waals surface area contributed by atoms with E-state index in [1.807, 2.05) is 33.9 Å². The van der Waals surface area contributed by atoms with Gasteiger partial charge in [-0.1, -0.05) is 59.6 Å². The lowest BCUT2D eigenvalue weighted by molar-refractivity contribution is 0.399. The predicted molar refractivity (Wildman–Crippen MR) is 98.5 cm³/mol. The van der Waals surface area contributed by atoms with Crippen molar-refractivity contribution in [2.24, 2.45) is 5.92 Å². The van der Waals surface area contributed by atoms with Crippen molar-refractivity contribution in [3.63, 3.8) is 0 Å². The van der Waals surface area contributed by atoms with Crippen molar-refractivity contribution in [2.45, 2.75) is 67.2 Å². The van der Waals surface area contributed by atoms with E-state index in [-0.39, 0.29) is 0 Å². The molecule has 1 atom stereocenters. The number of hydrogen-bond acceptors (Lipinski definition) is 2. The van der Waals surface area contributed by atoms with Gasteiger partial charge in [0.2, 0.25) is 0 Å². The molecular weight excluding hydrogens is 246 g/mol. The van der Waals surface area contributed by atoms with Crippen LogP contribution in [0.1, 0.15) is 67.2 Å². The average Bonchev–Trinajstić information content (AvgIpc) is 2.51. The molecule has 0 rings (SSSR count). The fraction of sp³-hybridized carbons (Fsp3) is 0.778. The molecule has 0 spiro atoms. The van der Waals surface area contributed by atoms with Crippen molar-refractivity contribution in [3.8, 4) is 0 Å². The van der Waals surface area contributed by atoms with Crippen LogP contribution >= 0.6 is 0 Å². The summed E-state index contributed by atoms with van der Waals surface area (Å²) >= 11 is 0. The first-order chi connectivity index (χ1) is 9.64. The molecule has 2 nitrogen and oxygen atoms in total. The monoisotopic (exact) mass is 289 g/mol. The van der Waals surface area contributed by atoms with E-state index in [0.29, 0.717) is 0 Å². The molecule has 0 fully saturated rings. The zero-order chi connectivity index (χ0) is 17.2. The van der Waals surface area contributed by atoms with Gasteiger partial charge in [0.25, 0.3) is 0 Å². The molecule has 0 aliphatic rings. The molecule has 0 aromatic carbocycles. The predicted octanol–water partition coefficient (Wildman–Crippen LogP) is 5.44. The summed E-state index contributed by atoms with van der Waals surface area (Å²) in [4.78, 5) is 0. The second-order valence-electron chi connectivity index (χ2n) is 3.89. The van der Waals surface area contributed by atoms with E-state index >= 15 is 0 Å². The van der Waals surface area contributed by atoms with Gasteiger partial charge < -0.3 is 10.4 Å². The molecule has 0 aromatic heterocycles. The first-order valence-electron chi connectivity index (χ1n) is 7.91. The van der Waals surface area contributed by atoms with Gasteiger partial charge in [-0.2, -0.15) is 0 Å². The van der Waals surface area contributed by atoms with Crippen LogP contribution in [0.2, 0.25) is 0 Å². The number of aliphatic hydroxyl groups excluding tert-OH is 1. The van der Waals surface area contributed by atoms with E-state index in [1.165, 1.54) is 19.3 Å². The van der Waals surface area contributed by atoms with Crippen LogP contribution < -0.4 is 5.32 Å². The summed E-state index contributed by atoms with van der Waals surface area (Å²) in [5, 5.41) is 10.1. The molecule has 1 unspecified atom stereocenters. The second kappa shape index (κ2) is 51.5. The van der Waals surface area contributed by atoms with Gasteiger partial charge in [-0.25, -0.2) is 0 Å². The largest absolute Gasteiger partial charge is 0.400 e. The quantitative estimate of drug-likeness (QED) is 0.638. The van der Waals surface area contributed by atoms with Crippen LogP contribution in [0.25, 0.3) is 0 Å². The van der Waals surface area contributed by atoms with Gasteiger partial charge in [0.1, 0.15) is 0 Å². The van der Waals surface area contributed by atoms with Crippen LogP contribution in [-0.2, 0) is 0 Å². The summed E-state index contributed by atoms with van der Waals surface area (Å²) in [6.07, 6.45) is 8.68. The van der Waals surface area contributed by atoms with Gasteiger partial charge >= 0.3 is 0 Å². The minimum Gasteiger partial charge on any atom is -0.400 e. The minimum absolute atomic E-state index is 0.891. The Labute approximate surface area is 130 Å². The Hall–Kier alpha value is -0.600. The number of aliphatic hydroxyl groups is 1. The molecule has 0 aromatic rings. The van der Waals surface area contributed by atoms with E-state index in [1.54, 1.807) is 6.08 Å². The molecule has 126 valence electrons. The van der Waals surface area contributed by atoms with Crippen LogP contribution in [0.4, 0.5) is 0 Å². The first kappa shape index (κ1) is 31.7. The van der Waals surface area contributed by atoms with Gasteiger partial charge in [0.05, 0.1) is 0 Å². The standard InChI is InChI=1S/C7H17N.C5H10.C3H6.C2H6.CH4O/c1-4-7(2)5-6-8-3;1-3-5-4-2;1-3-2;2*1-2/h7-8H,4-6H2,1-3H3;3H,1,4-5H2,2H3;3H,1H2,2H3;1-2H3;2H,1H3. The van der Waals surface area contributed by atoms with Crippen LogP contribution in [-0.4, -0.2) is 25.8 Å². The topological polar surface area (TPSA) is 32.3 Å². The third-order valence-corrected chi connectivity index (χ3v) is 2.08. The lowest BCUT2D eigenvalue weighted by Crippen LogP contribution is -2.10. The van der Waals surface area contributed by atoms with E-state index in [4.69, 9.17) is 5.11 Å². The first-order valence-corrected chi connectivity index (χ1v) is 7.91. The van der Waals surface area contributed by atoms with Gasteiger partial charge in [-0.15, -0.1) is 13.2 Å². The molecule has 2 heteroatoms. The van der Waals surface area contributed by atoms with Gasteiger partial charge in [0, 0.05) is 7.11 Å². The fourth-order valence-electron chi connectivity index (χ4n) is 0.799.